The number of halogens is 1. The smallest absolute Gasteiger partial charge is 0.250 e. The summed E-state index contributed by atoms with van der Waals surface area (Å²) in [5, 5.41) is 12.1. The van der Waals surface area contributed by atoms with Gasteiger partial charge in [-0.2, -0.15) is 10.2 Å². The van der Waals surface area contributed by atoms with Gasteiger partial charge in [0, 0.05) is 29.2 Å². The molecule has 1 unspecified atom stereocenters. The molecule has 124 valence electrons. The van der Waals surface area contributed by atoms with Crippen LogP contribution in [0.5, 0.6) is 0 Å². The molecule has 1 N–H and O–H groups in total. The number of aryl methyl sites for hydroxylation is 1. The van der Waals surface area contributed by atoms with Gasteiger partial charge in [-0.1, -0.05) is 23.7 Å². The maximum Gasteiger partial charge on any atom is 0.250 e. The van der Waals surface area contributed by atoms with Crippen LogP contribution in [-0.4, -0.2) is 25.5 Å². The molecule has 7 heteroatoms. The summed E-state index contributed by atoms with van der Waals surface area (Å²) in [5.74, 6) is 0.365. The number of amides is 1. The molecule has 0 aliphatic carbocycles. The van der Waals surface area contributed by atoms with E-state index in [2.05, 4.69) is 15.5 Å². The third-order valence-corrected chi connectivity index (χ3v) is 4.02. The van der Waals surface area contributed by atoms with Gasteiger partial charge in [-0.05, 0) is 37.6 Å². The fourth-order valence-corrected chi connectivity index (χ4v) is 2.55. The Kier molecular flexibility index (Phi) is 4.66. The van der Waals surface area contributed by atoms with E-state index >= 15 is 0 Å². The predicted molar refractivity (Wildman–Crippen MR) is 93.1 cm³/mol. The normalized spacial score (nSPS) is 12.1. The Balaban J connectivity index is 1.64. The van der Waals surface area contributed by atoms with Crippen LogP contribution in [0, 0.1) is 6.92 Å². The lowest BCUT2D eigenvalue weighted by Crippen LogP contribution is -2.25. The number of aromatic nitrogens is 4. The fraction of sp³-hybridized carbons (Fsp3) is 0.235. The van der Waals surface area contributed by atoms with Gasteiger partial charge in [-0.3, -0.25) is 14.2 Å². The molecule has 0 bridgehead atoms. The van der Waals surface area contributed by atoms with Gasteiger partial charge in [0.15, 0.2) is 5.82 Å². The molecule has 0 aliphatic rings. The Morgan fingerprint density at radius 1 is 1.25 bits per heavy atom. The van der Waals surface area contributed by atoms with Gasteiger partial charge >= 0.3 is 0 Å². The summed E-state index contributed by atoms with van der Waals surface area (Å²) >= 11 is 5.88. The first kappa shape index (κ1) is 16.3. The first-order chi connectivity index (χ1) is 11.5. The summed E-state index contributed by atoms with van der Waals surface area (Å²) in [6, 6.07) is 10.8. The Hall–Kier alpha value is -2.60. The summed E-state index contributed by atoms with van der Waals surface area (Å²) < 4.78 is 3.45. The molecule has 0 aliphatic heterocycles. The van der Waals surface area contributed by atoms with E-state index in [-0.39, 0.29) is 5.91 Å². The molecule has 0 saturated carbocycles. The van der Waals surface area contributed by atoms with Crippen molar-refractivity contribution in [3.63, 3.8) is 0 Å². The molecule has 3 aromatic rings. The first-order valence-electron chi connectivity index (χ1n) is 7.62. The second-order valence-corrected chi connectivity index (χ2v) is 6.04. The largest absolute Gasteiger partial charge is 0.307 e. The second-order valence-electron chi connectivity index (χ2n) is 5.61. The van der Waals surface area contributed by atoms with Crippen molar-refractivity contribution in [1.82, 2.24) is 19.6 Å². The fourth-order valence-electron chi connectivity index (χ4n) is 2.42. The highest BCUT2D eigenvalue weighted by Crippen LogP contribution is 2.13. The third kappa shape index (κ3) is 3.65. The molecule has 1 aromatic carbocycles. The van der Waals surface area contributed by atoms with E-state index in [0.29, 0.717) is 17.4 Å². The maximum atomic E-state index is 12.3. The number of anilines is 1. The number of hydrogen-bond donors (Lipinski definition) is 1. The van der Waals surface area contributed by atoms with Gasteiger partial charge in [-0.15, -0.1) is 0 Å². The topological polar surface area (TPSA) is 64.7 Å². The van der Waals surface area contributed by atoms with Crippen LogP contribution in [0.4, 0.5) is 5.82 Å². The molecule has 24 heavy (non-hydrogen) atoms. The zero-order chi connectivity index (χ0) is 17.1. The van der Waals surface area contributed by atoms with E-state index in [1.807, 2.05) is 43.5 Å². The van der Waals surface area contributed by atoms with Gasteiger partial charge in [0.25, 0.3) is 0 Å². The molecule has 0 saturated heterocycles. The quantitative estimate of drug-likeness (QED) is 0.773. The average molecular weight is 344 g/mol. The number of carbonyl (C=O) groups is 1. The average Bonchev–Trinajstić information content (AvgIpc) is 3.18. The van der Waals surface area contributed by atoms with E-state index < -0.39 is 6.04 Å². The van der Waals surface area contributed by atoms with Gasteiger partial charge in [-0.25, -0.2) is 0 Å². The minimum atomic E-state index is -0.401. The van der Waals surface area contributed by atoms with Crippen LogP contribution in [0.2, 0.25) is 5.02 Å². The van der Waals surface area contributed by atoms with Crippen molar-refractivity contribution in [2.75, 3.05) is 5.32 Å². The molecular formula is C17H18ClN5O. The molecule has 0 fully saturated rings. The van der Waals surface area contributed by atoms with E-state index in [9.17, 15) is 4.79 Å². The number of rotatable bonds is 5. The van der Waals surface area contributed by atoms with Crippen molar-refractivity contribution in [2.24, 2.45) is 0 Å². The minimum Gasteiger partial charge on any atom is -0.307 e. The lowest BCUT2D eigenvalue weighted by atomic mass is 10.2. The lowest BCUT2D eigenvalue weighted by molar-refractivity contribution is -0.119. The highest BCUT2D eigenvalue weighted by atomic mass is 35.5. The second kappa shape index (κ2) is 6.88. The SMILES string of the molecule is Cc1ccnn1C(C)C(=O)Nc1ccn(Cc2ccc(Cl)cc2)n1. The van der Waals surface area contributed by atoms with E-state index in [1.54, 1.807) is 28.6 Å². The minimum absolute atomic E-state index is 0.154. The van der Waals surface area contributed by atoms with Crippen molar-refractivity contribution in [2.45, 2.75) is 26.4 Å². The number of hydrogen-bond acceptors (Lipinski definition) is 3. The van der Waals surface area contributed by atoms with Crippen molar-refractivity contribution in [3.8, 4) is 0 Å². The molecule has 1 atom stereocenters. The number of benzene rings is 1. The first-order valence-corrected chi connectivity index (χ1v) is 7.99. The molecule has 3 rings (SSSR count). The maximum absolute atomic E-state index is 12.3. The highest BCUT2D eigenvalue weighted by Gasteiger charge is 2.17. The lowest BCUT2D eigenvalue weighted by Gasteiger charge is -2.13. The Morgan fingerprint density at radius 3 is 2.67 bits per heavy atom. The van der Waals surface area contributed by atoms with Crippen LogP contribution < -0.4 is 5.32 Å². The van der Waals surface area contributed by atoms with Crippen molar-refractivity contribution in [3.05, 3.63) is 65.1 Å². The van der Waals surface area contributed by atoms with Gasteiger partial charge in [0.1, 0.15) is 6.04 Å². The Morgan fingerprint density at radius 2 is 2.00 bits per heavy atom. The number of carbonyl (C=O) groups excluding carboxylic acids is 1. The van der Waals surface area contributed by atoms with Crippen LogP contribution in [-0.2, 0) is 11.3 Å². The summed E-state index contributed by atoms with van der Waals surface area (Å²) in [6.07, 6.45) is 3.51. The van der Waals surface area contributed by atoms with Crippen molar-refractivity contribution < 1.29 is 4.79 Å². The molecule has 1 amide bonds. The van der Waals surface area contributed by atoms with E-state index in [0.717, 1.165) is 11.3 Å². The summed E-state index contributed by atoms with van der Waals surface area (Å²) in [6.45, 7) is 4.33. The van der Waals surface area contributed by atoms with Gasteiger partial charge in [0.2, 0.25) is 5.91 Å². The predicted octanol–water partition coefficient (Wildman–Crippen LogP) is 3.29. The summed E-state index contributed by atoms with van der Waals surface area (Å²) in [4.78, 5) is 12.3. The highest BCUT2D eigenvalue weighted by molar-refractivity contribution is 6.30. The molecule has 2 aromatic heterocycles. The van der Waals surface area contributed by atoms with Crippen LogP contribution >= 0.6 is 11.6 Å². The third-order valence-electron chi connectivity index (χ3n) is 3.76. The van der Waals surface area contributed by atoms with Crippen LogP contribution in [0.15, 0.2) is 48.8 Å². The molecule has 0 spiro atoms. The molecular weight excluding hydrogens is 326 g/mol. The van der Waals surface area contributed by atoms with E-state index in [4.69, 9.17) is 11.6 Å². The Bertz CT molecular complexity index is 837. The molecule has 2 heterocycles. The summed E-state index contributed by atoms with van der Waals surface area (Å²) in [7, 11) is 0. The zero-order valence-electron chi connectivity index (χ0n) is 13.5. The van der Waals surface area contributed by atoms with Crippen LogP contribution in [0.1, 0.15) is 24.2 Å². The van der Waals surface area contributed by atoms with Gasteiger partial charge in [0.05, 0.1) is 6.54 Å². The van der Waals surface area contributed by atoms with Crippen molar-refractivity contribution in [1.29, 1.82) is 0 Å². The van der Waals surface area contributed by atoms with Gasteiger partial charge < -0.3 is 5.32 Å². The van der Waals surface area contributed by atoms with E-state index in [1.165, 1.54) is 0 Å². The number of nitrogens with one attached hydrogen (secondary N) is 1. The Labute approximate surface area is 145 Å². The van der Waals surface area contributed by atoms with Crippen molar-refractivity contribution >= 4 is 23.3 Å². The summed E-state index contributed by atoms with van der Waals surface area (Å²) in [5.41, 5.74) is 2.02. The molecule has 6 nitrogen and oxygen atoms in total. The zero-order valence-corrected chi connectivity index (χ0v) is 14.2. The van der Waals surface area contributed by atoms with Crippen LogP contribution in [0.25, 0.3) is 0 Å². The monoisotopic (exact) mass is 343 g/mol. The number of nitrogens with zero attached hydrogens (tertiary/aromatic N) is 4. The standard InChI is InChI=1S/C17H18ClN5O/c1-12-7-9-19-23(12)13(2)17(24)20-16-8-10-22(21-16)11-14-3-5-15(18)6-4-14/h3-10,13H,11H2,1-2H3,(H,20,21,24). The molecule has 0 radical (unpaired) electrons. The van der Waals surface area contributed by atoms with Crippen LogP contribution in [0.3, 0.4) is 0 Å².